The number of hydrogen-bond donors (Lipinski definition) is 1. The Kier molecular flexibility index (Phi) is 5.00. The van der Waals surface area contributed by atoms with Crippen molar-refractivity contribution in [3.63, 3.8) is 0 Å². The third-order valence-electron chi connectivity index (χ3n) is 3.18. The van der Waals surface area contributed by atoms with E-state index in [9.17, 15) is 0 Å². The van der Waals surface area contributed by atoms with Gasteiger partial charge in [0.05, 0.1) is 11.7 Å². The Morgan fingerprint density at radius 3 is 2.70 bits per heavy atom. The van der Waals surface area contributed by atoms with Crippen molar-refractivity contribution in [1.29, 1.82) is 0 Å². The molecular weight excluding hydrogens is 270 g/mol. The second kappa shape index (κ2) is 6.74. The highest BCUT2D eigenvalue weighted by molar-refractivity contribution is 7.98. The van der Waals surface area contributed by atoms with E-state index in [0.29, 0.717) is 17.0 Å². The van der Waals surface area contributed by atoms with Gasteiger partial charge in [0, 0.05) is 23.7 Å². The first kappa shape index (κ1) is 14.8. The molecule has 0 unspecified atom stereocenters. The summed E-state index contributed by atoms with van der Waals surface area (Å²) in [5, 5.41) is 5.33. The first-order valence-electron chi connectivity index (χ1n) is 6.90. The molecule has 0 saturated carbocycles. The molecule has 6 heteroatoms. The monoisotopic (exact) mass is 291 g/mol. The third kappa shape index (κ3) is 3.72. The van der Waals surface area contributed by atoms with E-state index in [1.807, 2.05) is 6.92 Å². The lowest BCUT2D eigenvalue weighted by molar-refractivity contribution is 0.426. The van der Waals surface area contributed by atoms with Gasteiger partial charge in [-0.2, -0.15) is 5.10 Å². The van der Waals surface area contributed by atoms with E-state index in [-0.39, 0.29) is 0 Å². The van der Waals surface area contributed by atoms with Gasteiger partial charge in [-0.25, -0.2) is 9.97 Å². The smallest absolute Gasteiger partial charge is 0.190 e. The maximum absolute atomic E-state index is 5.72. The number of rotatable bonds is 6. The van der Waals surface area contributed by atoms with Gasteiger partial charge in [0.25, 0.3) is 0 Å². The summed E-state index contributed by atoms with van der Waals surface area (Å²) in [5.41, 5.74) is 7.66. The minimum atomic E-state index is 0.486. The average molecular weight is 291 g/mol. The molecule has 0 bridgehead atoms. The molecule has 5 nitrogen and oxygen atoms in total. The SMILES string of the molecule is CCC(CC)n1ccc(CSc2nc(C)cc(N)n2)n1. The van der Waals surface area contributed by atoms with Crippen LogP contribution in [0.2, 0.25) is 0 Å². The van der Waals surface area contributed by atoms with Gasteiger partial charge >= 0.3 is 0 Å². The molecule has 0 aliphatic heterocycles. The van der Waals surface area contributed by atoms with Crippen molar-refractivity contribution in [3.05, 3.63) is 29.7 Å². The van der Waals surface area contributed by atoms with Crippen LogP contribution in [0.3, 0.4) is 0 Å². The fourth-order valence-electron chi connectivity index (χ4n) is 2.09. The summed E-state index contributed by atoms with van der Waals surface area (Å²) in [6.07, 6.45) is 4.25. The second-order valence-corrected chi connectivity index (χ2v) is 5.71. The highest BCUT2D eigenvalue weighted by atomic mass is 32.2. The van der Waals surface area contributed by atoms with Gasteiger partial charge in [-0.3, -0.25) is 4.68 Å². The Morgan fingerprint density at radius 1 is 1.30 bits per heavy atom. The van der Waals surface area contributed by atoms with Gasteiger partial charge in [-0.1, -0.05) is 25.6 Å². The average Bonchev–Trinajstić information content (AvgIpc) is 2.86. The second-order valence-electron chi connectivity index (χ2n) is 4.76. The number of nitrogens with two attached hydrogens (primary N) is 1. The molecule has 20 heavy (non-hydrogen) atoms. The molecule has 0 radical (unpaired) electrons. The summed E-state index contributed by atoms with van der Waals surface area (Å²) in [7, 11) is 0. The van der Waals surface area contributed by atoms with Crippen LogP contribution in [0.1, 0.15) is 44.1 Å². The molecule has 0 amide bonds. The maximum atomic E-state index is 5.72. The molecule has 0 fully saturated rings. The largest absolute Gasteiger partial charge is 0.384 e. The number of aryl methyl sites for hydroxylation is 1. The minimum absolute atomic E-state index is 0.486. The van der Waals surface area contributed by atoms with Gasteiger partial charge in [0.15, 0.2) is 5.16 Å². The summed E-state index contributed by atoms with van der Waals surface area (Å²) in [6.45, 7) is 6.30. The van der Waals surface area contributed by atoms with Crippen molar-refractivity contribution in [2.45, 2.75) is 50.6 Å². The summed E-state index contributed by atoms with van der Waals surface area (Å²) in [6, 6.07) is 4.32. The zero-order chi connectivity index (χ0) is 14.5. The number of nitrogen functional groups attached to an aromatic ring is 1. The fourth-order valence-corrected chi connectivity index (χ4v) is 2.90. The predicted molar refractivity (Wildman–Crippen MR) is 82.6 cm³/mol. The van der Waals surface area contributed by atoms with Crippen molar-refractivity contribution in [2.24, 2.45) is 0 Å². The molecule has 0 atom stereocenters. The molecule has 0 aromatic carbocycles. The molecule has 0 aliphatic rings. The van der Waals surface area contributed by atoms with Crippen molar-refractivity contribution in [1.82, 2.24) is 19.7 Å². The normalized spacial score (nSPS) is 11.2. The first-order chi connectivity index (χ1) is 9.62. The van der Waals surface area contributed by atoms with E-state index < -0.39 is 0 Å². The Bertz CT molecular complexity index is 542. The summed E-state index contributed by atoms with van der Waals surface area (Å²) >= 11 is 1.56. The third-order valence-corrected chi connectivity index (χ3v) is 4.06. The van der Waals surface area contributed by atoms with Gasteiger partial charge in [-0.05, 0) is 25.8 Å². The van der Waals surface area contributed by atoms with E-state index in [2.05, 4.69) is 45.9 Å². The molecule has 2 N–H and O–H groups in total. The van der Waals surface area contributed by atoms with Crippen LogP contribution in [0, 0.1) is 6.92 Å². The van der Waals surface area contributed by atoms with Crippen molar-refractivity contribution in [2.75, 3.05) is 5.73 Å². The number of anilines is 1. The minimum Gasteiger partial charge on any atom is -0.384 e. The highest BCUT2D eigenvalue weighted by Gasteiger charge is 2.09. The van der Waals surface area contributed by atoms with E-state index in [1.54, 1.807) is 17.8 Å². The molecule has 2 aromatic rings. The van der Waals surface area contributed by atoms with E-state index in [1.165, 1.54) is 0 Å². The van der Waals surface area contributed by atoms with E-state index >= 15 is 0 Å². The Balaban J connectivity index is 2.00. The van der Waals surface area contributed by atoms with Gasteiger partial charge < -0.3 is 5.73 Å². The van der Waals surface area contributed by atoms with Crippen LogP contribution in [-0.2, 0) is 5.75 Å². The number of hydrogen-bond acceptors (Lipinski definition) is 5. The van der Waals surface area contributed by atoms with Crippen molar-refractivity contribution >= 4 is 17.6 Å². The van der Waals surface area contributed by atoms with Crippen LogP contribution >= 0.6 is 11.8 Å². The maximum Gasteiger partial charge on any atom is 0.190 e. The van der Waals surface area contributed by atoms with Crippen LogP contribution in [0.5, 0.6) is 0 Å². The van der Waals surface area contributed by atoms with E-state index in [4.69, 9.17) is 5.73 Å². The predicted octanol–water partition coefficient (Wildman–Crippen LogP) is 3.22. The Labute approximate surface area is 124 Å². The first-order valence-corrected chi connectivity index (χ1v) is 7.89. The van der Waals surface area contributed by atoms with Crippen LogP contribution in [0.25, 0.3) is 0 Å². The molecule has 0 spiro atoms. The van der Waals surface area contributed by atoms with Crippen LogP contribution in [-0.4, -0.2) is 19.7 Å². The Morgan fingerprint density at radius 2 is 2.05 bits per heavy atom. The molecule has 2 aromatic heterocycles. The van der Waals surface area contributed by atoms with Crippen molar-refractivity contribution < 1.29 is 0 Å². The van der Waals surface area contributed by atoms with Crippen molar-refractivity contribution in [3.8, 4) is 0 Å². The quantitative estimate of drug-likeness (QED) is 0.653. The van der Waals surface area contributed by atoms with Crippen LogP contribution < -0.4 is 5.73 Å². The lowest BCUT2D eigenvalue weighted by atomic mass is 10.2. The highest BCUT2D eigenvalue weighted by Crippen LogP contribution is 2.21. The summed E-state index contributed by atoms with van der Waals surface area (Å²) in [4.78, 5) is 8.58. The molecule has 0 saturated heterocycles. The zero-order valence-corrected chi connectivity index (χ0v) is 13.0. The number of thioether (sulfide) groups is 1. The topological polar surface area (TPSA) is 69.6 Å². The lowest BCUT2D eigenvalue weighted by Crippen LogP contribution is -2.07. The summed E-state index contributed by atoms with van der Waals surface area (Å²) < 4.78 is 2.06. The summed E-state index contributed by atoms with van der Waals surface area (Å²) in [5.74, 6) is 1.28. The molecule has 0 aliphatic carbocycles. The lowest BCUT2D eigenvalue weighted by Gasteiger charge is -2.12. The van der Waals surface area contributed by atoms with Crippen LogP contribution in [0.15, 0.2) is 23.5 Å². The van der Waals surface area contributed by atoms with Gasteiger partial charge in [0.2, 0.25) is 0 Å². The Hall–Kier alpha value is -1.56. The van der Waals surface area contributed by atoms with E-state index in [0.717, 1.165) is 30.0 Å². The zero-order valence-electron chi connectivity index (χ0n) is 12.2. The molecular formula is C14H21N5S. The molecule has 2 rings (SSSR count). The standard InChI is InChI=1S/C14H21N5S/c1-4-12(5-2)19-7-6-11(18-19)9-20-14-16-10(3)8-13(15)17-14/h6-8,12H,4-5,9H2,1-3H3,(H2,15,16,17). The van der Waals surface area contributed by atoms with Crippen LogP contribution in [0.4, 0.5) is 5.82 Å². The van der Waals surface area contributed by atoms with Gasteiger partial charge in [-0.15, -0.1) is 0 Å². The van der Waals surface area contributed by atoms with Gasteiger partial charge in [0.1, 0.15) is 5.82 Å². The number of nitrogens with zero attached hydrogens (tertiary/aromatic N) is 4. The fraction of sp³-hybridized carbons (Fsp3) is 0.500. The number of aromatic nitrogens is 4. The molecule has 2 heterocycles. The molecule has 108 valence electrons.